The zero-order valence-corrected chi connectivity index (χ0v) is 20.2. The Bertz CT molecular complexity index is 1280. The van der Waals surface area contributed by atoms with Crippen molar-refractivity contribution in [3.05, 3.63) is 84.2 Å². The summed E-state index contributed by atoms with van der Waals surface area (Å²) in [6.45, 7) is 4.14. The van der Waals surface area contributed by atoms with Crippen LogP contribution in [0.2, 0.25) is 0 Å². The van der Waals surface area contributed by atoms with E-state index >= 15 is 0 Å². The summed E-state index contributed by atoms with van der Waals surface area (Å²) in [6.07, 6.45) is 6.93. The van der Waals surface area contributed by atoms with Gasteiger partial charge in [0, 0.05) is 31.6 Å². The molecule has 1 aliphatic rings. The SMILES string of the molecule is O=C(/C=C/c1ccn(S(=O)(=O)c2cc(-c3ccccc3)ccc2CCCN2CCOCC2)c1)NO. The monoisotopic (exact) mass is 495 g/mol. The van der Waals surface area contributed by atoms with Crippen LogP contribution >= 0.6 is 0 Å². The molecule has 0 bridgehead atoms. The molecule has 1 amide bonds. The summed E-state index contributed by atoms with van der Waals surface area (Å²) in [5.74, 6) is -0.696. The summed E-state index contributed by atoms with van der Waals surface area (Å²) in [6, 6.07) is 16.9. The van der Waals surface area contributed by atoms with Gasteiger partial charge in [-0.15, -0.1) is 0 Å². The van der Waals surface area contributed by atoms with Gasteiger partial charge in [-0.1, -0.05) is 42.5 Å². The molecule has 2 heterocycles. The second kappa shape index (κ2) is 11.5. The fraction of sp³-hybridized carbons (Fsp3) is 0.269. The molecule has 0 spiro atoms. The van der Waals surface area contributed by atoms with Crippen LogP contribution in [0.1, 0.15) is 17.5 Å². The summed E-state index contributed by atoms with van der Waals surface area (Å²) in [4.78, 5) is 13.9. The standard InChI is InChI=1S/C26H29N3O5S/c30-26(27-31)11-8-21-12-14-29(20-21)35(32,33)25-19-24(22-5-2-1-3-6-22)10-9-23(25)7-4-13-28-15-17-34-18-16-28/h1-3,5-6,8-12,14,19-20,31H,4,7,13,15-18H2,(H,27,30)/b11-8+. The molecule has 2 aromatic carbocycles. The van der Waals surface area contributed by atoms with Gasteiger partial charge in [-0.05, 0) is 59.8 Å². The first-order valence-corrected chi connectivity index (χ1v) is 13.0. The molecular weight excluding hydrogens is 466 g/mol. The third-order valence-electron chi connectivity index (χ3n) is 5.98. The predicted molar refractivity (Wildman–Crippen MR) is 133 cm³/mol. The topological polar surface area (TPSA) is 101 Å². The molecule has 0 aliphatic carbocycles. The van der Waals surface area contributed by atoms with Crippen molar-refractivity contribution in [1.82, 2.24) is 14.4 Å². The van der Waals surface area contributed by atoms with E-state index in [1.807, 2.05) is 42.5 Å². The van der Waals surface area contributed by atoms with E-state index in [-0.39, 0.29) is 4.90 Å². The first kappa shape index (κ1) is 24.9. The van der Waals surface area contributed by atoms with Crippen molar-refractivity contribution < 1.29 is 23.2 Å². The van der Waals surface area contributed by atoms with E-state index < -0.39 is 15.9 Å². The molecule has 9 heteroatoms. The molecule has 0 radical (unpaired) electrons. The molecule has 0 saturated carbocycles. The van der Waals surface area contributed by atoms with Crippen molar-refractivity contribution in [2.75, 3.05) is 32.8 Å². The molecule has 8 nitrogen and oxygen atoms in total. The highest BCUT2D eigenvalue weighted by Gasteiger charge is 2.22. The van der Waals surface area contributed by atoms with E-state index in [0.717, 1.165) is 62.0 Å². The van der Waals surface area contributed by atoms with Crippen LogP contribution in [-0.2, 0) is 26.0 Å². The Morgan fingerprint density at radius 1 is 1.06 bits per heavy atom. The van der Waals surface area contributed by atoms with Gasteiger partial charge in [-0.25, -0.2) is 17.9 Å². The van der Waals surface area contributed by atoms with Crippen LogP contribution in [0.4, 0.5) is 0 Å². The zero-order chi connectivity index (χ0) is 24.7. The highest BCUT2D eigenvalue weighted by molar-refractivity contribution is 7.90. The number of nitrogens with zero attached hydrogens (tertiary/aromatic N) is 2. The largest absolute Gasteiger partial charge is 0.379 e. The third kappa shape index (κ3) is 6.26. The van der Waals surface area contributed by atoms with Crippen molar-refractivity contribution in [2.45, 2.75) is 17.7 Å². The number of benzene rings is 2. The normalized spacial score (nSPS) is 14.9. The Kier molecular flexibility index (Phi) is 8.14. The molecule has 1 fully saturated rings. The molecule has 4 rings (SSSR count). The Balaban J connectivity index is 1.63. The van der Waals surface area contributed by atoms with Crippen LogP contribution < -0.4 is 5.48 Å². The number of aromatic nitrogens is 1. The molecule has 1 aliphatic heterocycles. The number of hydrogen-bond donors (Lipinski definition) is 2. The second-order valence-electron chi connectivity index (χ2n) is 8.34. The number of hydrogen-bond acceptors (Lipinski definition) is 6. The Morgan fingerprint density at radius 3 is 2.57 bits per heavy atom. The van der Waals surface area contributed by atoms with Crippen molar-refractivity contribution in [1.29, 1.82) is 0 Å². The average Bonchev–Trinajstić information content (AvgIpc) is 3.38. The minimum atomic E-state index is -3.88. The van der Waals surface area contributed by atoms with E-state index in [1.165, 1.54) is 27.9 Å². The van der Waals surface area contributed by atoms with E-state index in [4.69, 9.17) is 9.94 Å². The quantitative estimate of drug-likeness (QED) is 0.269. The van der Waals surface area contributed by atoms with Crippen LogP contribution in [0.25, 0.3) is 17.2 Å². The average molecular weight is 496 g/mol. The summed E-state index contributed by atoms with van der Waals surface area (Å²) in [7, 11) is -3.88. The Labute approximate surface area is 205 Å². The molecule has 35 heavy (non-hydrogen) atoms. The Hall–Kier alpha value is -3.24. The van der Waals surface area contributed by atoms with E-state index in [9.17, 15) is 13.2 Å². The molecule has 0 atom stereocenters. The number of carbonyl (C=O) groups is 1. The smallest absolute Gasteiger partial charge is 0.267 e. The van der Waals surface area contributed by atoms with Crippen LogP contribution in [0.15, 0.2) is 78.0 Å². The van der Waals surface area contributed by atoms with Crippen LogP contribution in [-0.4, -0.2) is 61.3 Å². The van der Waals surface area contributed by atoms with E-state index in [1.54, 1.807) is 12.1 Å². The van der Waals surface area contributed by atoms with Gasteiger partial charge in [0.05, 0.1) is 18.1 Å². The number of ether oxygens (including phenoxy) is 1. The molecule has 184 valence electrons. The van der Waals surface area contributed by atoms with Gasteiger partial charge in [-0.3, -0.25) is 14.9 Å². The molecular formula is C26H29N3O5S. The predicted octanol–water partition coefficient (Wildman–Crippen LogP) is 3.18. The highest BCUT2D eigenvalue weighted by Crippen LogP contribution is 2.28. The fourth-order valence-electron chi connectivity index (χ4n) is 4.09. The lowest BCUT2D eigenvalue weighted by atomic mass is 10.0. The van der Waals surface area contributed by atoms with Gasteiger partial charge < -0.3 is 4.74 Å². The maximum atomic E-state index is 13.7. The van der Waals surface area contributed by atoms with Crippen LogP contribution in [0.5, 0.6) is 0 Å². The van der Waals surface area contributed by atoms with Crippen molar-refractivity contribution in [3.63, 3.8) is 0 Å². The highest BCUT2D eigenvalue weighted by atomic mass is 32.2. The minimum absolute atomic E-state index is 0.264. The summed E-state index contributed by atoms with van der Waals surface area (Å²) < 4.78 is 34.0. The van der Waals surface area contributed by atoms with Crippen LogP contribution in [0, 0.1) is 0 Å². The number of nitrogens with one attached hydrogen (secondary N) is 1. The van der Waals surface area contributed by atoms with Gasteiger partial charge in [0.15, 0.2) is 0 Å². The van der Waals surface area contributed by atoms with Gasteiger partial charge in [0.25, 0.3) is 15.9 Å². The summed E-state index contributed by atoms with van der Waals surface area (Å²) in [5.41, 5.74) is 4.56. The maximum Gasteiger partial charge on any atom is 0.267 e. The first-order valence-electron chi connectivity index (χ1n) is 11.5. The van der Waals surface area contributed by atoms with Gasteiger partial charge in [0.2, 0.25) is 0 Å². The Morgan fingerprint density at radius 2 is 1.83 bits per heavy atom. The molecule has 1 aromatic heterocycles. The number of hydroxylamine groups is 1. The molecule has 0 unspecified atom stereocenters. The lowest BCUT2D eigenvalue weighted by Gasteiger charge is -2.26. The van der Waals surface area contributed by atoms with Crippen LogP contribution in [0.3, 0.4) is 0 Å². The zero-order valence-electron chi connectivity index (χ0n) is 19.3. The minimum Gasteiger partial charge on any atom is -0.379 e. The molecule has 3 aromatic rings. The van der Waals surface area contributed by atoms with E-state index in [0.29, 0.717) is 12.0 Å². The number of aryl methyl sites for hydroxylation is 1. The van der Waals surface area contributed by atoms with Crippen molar-refractivity contribution in [3.8, 4) is 11.1 Å². The lowest BCUT2D eigenvalue weighted by molar-refractivity contribution is -0.124. The van der Waals surface area contributed by atoms with Crippen molar-refractivity contribution in [2.24, 2.45) is 0 Å². The number of rotatable bonds is 9. The number of amides is 1. The fourth-order valence-corrected chi connectivity index (χ4v) is 5.58. The van der Waals surface area contributed by atoms with Gasteiger partial charge in [0.1, 0.15) is 0 Å². The molecule has 1 saturated heterocycles. The number of carbonyl (C=O) groups excluding carboxylic acids is 1. The number of morpholine rings is 1. The summed E-state index contributed by atoms with van der Waals surface area (Å²) in [5, 5.41) is 8.64. The summed E-state index contributed by atoms with van der Waals surface area (Å²) >= 11 is 0. The molecule has 2 N–H and O–H groups in total. The van der Waals surface area contributed by atoms with Gasteiger partial charge >= 0.3 is 0 Å². The first-order chi connectivity index (χ1) is 17.0. The maximum absolute atomic E-state index is 13.7. The third-order valence-corrected chi connectivity index (χ3v) is 7.70. The second-order valence-corrected chi connectivity index (χ2v) is 10.1. The van der Waals surface area contributed by atoms with Gasteiger partial charge in [-0.2, -0.15) is 0 Å². The van der Waals surface area contributed by atoms with Crippen molar-refractivity contribution >= 4 is 22.0 Å². The van der Waals surface area contributed by atoms with E-state index in [2.05, 4.69) is 4.90 Å². The lowest BCUT2D eigenvalue weighted by Crippen LogP contribution is -2.37.